The summed E-state index contributed by atoms with van der Waals surface area (Å²) in [6.07, 6.45) is 1.77. The largest absolute Gasteiger partial charge is 0.314 e. The molecule has 15 heavy (non-hydrogen) atoms. The summed E-state index contributed by atoms with van der Waals surface area (Å²) >= 11 is 0. The SMILES string of the molecule is CNCc1cnn(-c2ccccc2)n1.Cl. The lowest BCUT2D eigenvalue weighted by Crippen LogP contribution is -2.06. The van der Waals surface area contributed by atoms with Crippen LogP contribution < -0.4 is 5.32 Å². The highest BCUT2D eigenvalue weighted by Gasteiger charge is 2.00. The Labute approximate surface area is 94.7 Å². The van der Waals surface area contributed by atoms with Crippen molar-refractivity contribution in [3.05, 3.63) is 42.2 Å². The Morgan fingerprint density at radius 3 is 2.67 bits per heavy atom. The minimum absolute atomic E-state index is 0. The number of halogens is 1. The van der Waals surface area contributed by atoms with Gasteiger partial charge in [-0.2, -0.15) is 15.0 Å². The molecule has 0 amide bonds. The van der Waals surface area contributed by atoms with Gasteiger partial charge in [0.2, 0.25) is 0 Å². The van der Waals surface area contributed by atoms with E-state index in [2.05, 4.69) is 15.5 Å². The fourth-order valence-electron chi connectivity index (χ4n) is 1.24. The zero-order valence-corrected chi connectivity index (χ0v) is 9.24. The quantitative estimate of drug-likeness (QED) is 0.857. The number of rotatable bonds is 3. The van der Waals surface area contributed by atoms with Crippen LogP contribution in [-0.2, 0) is 6.54 Å². The maximum Gasteiger partial charge on any atom is 0.0969 e. The predicted molar refractivity (Wildman–Crippen MR) is 61.4 cm³/mol. The van der Waals surface area contributed by atoms with Crippen LogP contribution >= 0.6 is 12.4 Å². The van der Waals surface area contributed by atoms with Gasteiger partial charge >= 0.3 is 0 Å². The minimum Gasteiger partial charge on any atom is -0.314 e. The van der Waals surface area contributed by atoms with Crippen molar-refractivity contribution >= 4 is 12.4 Å². The van der Waals surface area contributed by atoms with Gasteiger partial charge in [-0.05, 0) is 19.2 Å². The van der Waals surface area contributed by atoms with Gasteiger partial charge in [-0.3, -0.25) is 0 Å². The molecule has 0 aliphatic rings. The van der Waals surface area contributed by atoms with Gasteiger partial charge in [0.05, 0.1) is 17.6 Å². The highest BCUT2D eigenvalue weighted by atomic mass is 35.5. The van der Waals surface area contributed by atoms with E-state index >= 15 is 0 Å². The molecule has 0 aliphatic heterocycles. The summed E-state index contributed by atoms with van der Waals surface area (Å²) in [5.41, 5.74) is 1.92. The molecule has 0 aliphatic carbocycles. The Bertz CT molecular complexity index is 399. The Hall–Kier alpha value is -1.39. The topological polar surface area (TPSA) is 42.7 Å². The van der Waals surface area contributed by atoms with Crippen molar-refractivity contribution in [2.24, 2.45) is 0 Å². The summed E-state index contributed by atoms with van der Waals surface area (Å²) in [6.45, 7) is 0.743. The molecule has 0 atom stereocenters. The first-order valence-electron chi connectivity index (χ1n) is 4.51. The Kier molecular flexibility index (Phi) is 4.27. The standard InChI is InChI=1S/C10H12N4.ClH/c1-11-7-9-8-12-14(13-9)10-5-3-2-4-6-10;/h2-6,8,11H,7H2,1H3;1H. The number of nitrogens with one attached hydrogen (secondary N) is 1. The lowest BCUT2D eigenvalue weighted by atomic mass is 10.3. The van der Waals surface area contributed by atoms with Crippen LogP contribution in [0.5, 0.6) is 0 Å². The summed E-state index contributed by atoms with van der Waals surface area (Å²) in [6, 6.07) is 9.86. The molecule has 4 nitrogen and oxygen atoms in total. The van der Waals surface area contributed by atoms with Crippen LogP contribution in [0.25, 0.3) is 5.69 Å². The molecule has 0 bridgehead atoms. The van der Waals surface area contributed by atoms with Crippen LogP contribution in [0.1, 0.15) is 5.69 Å². The maximum absolute atomic E-state index is 4.31. The second-order valence-corrected chi connectivity index (χ2v) is 2.99. The van der Waals surface area contributed by atoms with E-state index in [1.807, 2.05) is 37.4 Å². The molecule has 0 radical (unpaired) electrons. The number of hydrogen-bond donors (Lipinski definition) is 1. The summed E-state index contributed by atoms with van der Waals surface area (Å²) in [4.78, 5) is 1.63. The van der Waals surface area contributed by atoms with E-state index in [1.165, 1.54) is 0 Å². The first-order chi connectivity index (χ1) is 6.90. The Balaban J connectivity index is 0.00000112. The third-order valence-corrected chi connectivity index (χ3v) is 1.88. The number of nitrogens with zero attached hydrogens (tertiary/aromatic N) is 3. The van der Waals surface area contributed by atoms with E-state index in [0.29, 0.717) is 0 Å². The third kappa shape index (κ3) is 2.78. The lowest BCUT2D eigenvalue weighted by Gasteiger charge is -1.97. The Morgan fingerprint density at radius 1 is 1.27 bits per heavy atom. The van der Waals surface area contributed by atoms with Crippen LogP contribution in [-0.4, -0.2) is 22.0 Å². The molecule has 0 spiro atoms. The first kappa shape index (κ1) is 11.7. The van der Waals surface area contributed by atoms with E-state index in [1.54, 1.807) is 11.0 Å². The molecule has 0 fully saturated rings. The average molecular weight is 225 g/mol. The molecule has 2 aromatic rings. The van der Waals surface area contributed by atoms with E-state index in [9.17, 15) is 0 Å². The molecule has 5 heteroatoms. The highest BCUT2D eigenvalue weighted by Crippen LogP contribution is 2.03. The van der Waals surface area contributed by atoms with Crippen molar-refractivity contribution in [3.63, 3.8) is 0 Å². The average Bonchev–Trinajstić information content (AvgIpc) is 2.68. The van der Waals surface area contributed by atoms with Gasteiger partial charge in [0, 0.05) is 6.54 Å². The maximum atomic E-state index is 4.31. The minimum atomic E-state index is 0. The number of benzene rings is 1. The van der Waals surface area contributed by atoms with Crippen molar-refractivity contribution in [3.8, 4) is 5.69 Å². The van der Waals surface area contributed by atoms with Crippen LogP contribution in [0.3, 0.4) is 0 Å². The van der Waals surface area contributed by atoms with Crippen molar-refractivity contribution in [1.82, 2.24) is 20.3 Å². The zero-order chi connectivity index (χ0) is 9.80. The fourth-order valence-corrected chi connectivity index (χ4v) is 1.24. The smallest absolute Gasteiger partial charge is 0.0969 e. The molecule has 0 saturated carbocycles. The van der Waals surface area contributed by atoms with E-state index in [0.717, 1.165) is 17.9 Å². The molecular weight excluding hydrogens is 212 g/mol. The molecule has 2 rings (SSSR count). The number of hydrogen-bond acceptors (Lipinski definition) is 3. The van der Waals surface area contributed by atoms with Gasteiger partial charge in [0.15, 0.2) is 0 Å². The monoisotopic (exact) mass is 224 g/mol. The summed E-state index contributed by atoms with van der Waals surface area (Å²) in [7, 11) is 1.89. The molecular formula is C10H13ClN4. The van der Waals surface area contributed by atoms with Crippen LogP contribution in [0, 0.1) is 0 Å². The summed E-state index contributed by atoms with van der Waals surface area (Å²) < 4.78 is 0. The molecule has 1 aromatic carbocycles. The van der Waals surface area contributed by atoms with E-state index in [4.69, 9.17) is 0 Å². The molecule has 0 unspecified atom stereocenters. The van der Waals surface area contributed by atoms with Gasteiger partial charge < -0.3 is 5.32 Å². The highest BCUT2D eigenvalue weighted by molar-refractivity contribution is 5.85. The summed E-state index contributed by atoms with van der Waals surface area (Å²) in [5, 5.41) is 11.5. The van der Waals surface area contributed by atoms with Gasteiger partial charge in [0.1, 0.15) is 0 Å². The molecule has 1 heterocycles. The normalized spacial score (nSPS) is 9.67. The second-order valence-electron chi connectivity index (χ2n) is 2.99. The van der Waals surface area contributed by atoms with Crippen molar-refractivity contribution in [2.75, 3.05) is 7.05 Å². The second kappa shape index (κ2) is 5.48. The van der Waals surface area contributed by atoms with Crippen LogP contribution in [0.15, 0.2) is 36.5 Å². The van der Waals surface area contributed by atoms with Gasteiger partial charge in [-0.1, -0.05) is 18.2 Å². The van der Waals surface area contributed by atoms with Gasteiger partial charge in [0.25, 0.3) is 0 Å². The zero-order valence-electron chi connectivity index (χ0n) is 8.42. The van der Waals surface area contributed by atoms with E-state index < -0.39 is 0 Å². The summed E-state index contributed by atoms with van der Waals surface area (Å²) in [5.74, 6) is 0. The predicted octanol–water partition coefficient (Wildman–Crippen LogP) is 1.41. The van der Waals surface area contributed by atoms with Crippen molar-refractivity contribution in [2.45, 2.75) is 6.54 Å². The fraction of sp³-hybridized carbons (Fsp3) is 0.200. The van der Waals surface area contributed by atoms with Crippen molar-refractivity contribution < 1.29 is 0 Å². The van der Waals surface area contributed by atoms with Crippen LogP contribution in [0.2, 0.25) is 0 Å². The van der Waals surface area contributed by atoms with E-state index in [-0.39, 0.29) is 12.4 Å². The van der Waals surface area contributed by atoms with Crippen LogP contribution in [0.4, 0.5) is 0 Å². The first-order valence-corrected chi connectivity index (χ1v) is 4.51. The third-order valence-electron chi connectivity index (χ3n) is 1.88. The molecule has 1 aromatic heterocycles. The molecule has 1 N–H and O–H groups in total. The number of para-hydroxylation sites is 1. The number of aromatic nitrogens is 3. The molecule has 0 saturated heterocycles. The molecule has 80 valence electrons. The van der Waals surface area contributed by atoms with Gasteiger partial charge in [-0.15, -0.1) is 12.4 Å². The van der Waals surface area contributed by atoms with Crippen molar-refractivity contribution in [1.29, 1.82) is 0 Å². The lowest BCUT2D eigenvalue weighted by molar-refractivity contribution is 0.716. The Morgan fingerprint density at radius 2 is 2.00 bits per heavy atom. The van der Waals surface area contributed by atoms with Gasteiger partial charge in [-0.25, -0.2) is 0 Å².